The summed E-state index contributed by atoms with van der Waals surface area (Å²) in [6.45, 7) is 12.1. The lowest BCUT2D eigenvalue weighted by Crippen LogP contribution is -2.35. The minimum Gasteiger partial charge on any atom is -0.349 e. The summed E-state index contributed by atoms with van der Waals surface area (Å²) in [6.07, 6.45) is 1.90. The second-order valence-electron chi connectivity index (χ2n) is 8.40. The Morgan fingerprint density at radius 3 is 2.32 bits per heavy atom. The van der Waals surface area contributed by atoms with Crippen molar-refractivity contribution in [2.24, 2.45) is 5.92 Å². The molecule has 0 spiro atoms. The molecule has 1 aliphatic rings. The van der Waals surface area contributed by atoms with Crippen molar-refractivity contribution in [2.75, 3.05) is 13.1 Å². The zero-order valence-electron chi connectivity index (χ0n) is 16.3. The van der Waals surface area contributed by atoms with E-state index in [1.165, 1.54) is 5.56 Å². The number of hydrogen-bond acceptors (Lipinski definition) is 2. The zero-order valence-corrected chi connectivity index (χ0v) is 16.3. The molecule has 1 aromatic rings. The van der Waals surface area contributed by atoms with Gasteiger partial charge in [0.1, 0.15) is 0 Å². The lowest BCUT2D eigenvalue weighted by Gasteiger charge is -2.25. The fraction of sp³-hybridized carbons (Fsp3) is 0.619. The molecule has 4 heteroatoms. The number of hydrogen-bond donors (Lipinski definition) is 1. The van der Waals surface area contributed by atoms with Crippen LogP contribution in [-0.2, 0) is 15.0 Å². The van der Waals surface area contributed by atoms with Crippen LogP contribution in [0.25, 0.3) is 0 Å². The smallest absolute Gasteiger partial charge is 0.222 e. The van der Waals surface area contributed by atoms with Crippen LogP contribution in [0.15, 0.2) is 24.3 Å². The Kier molecular flexibility index (Phi) is 6.26. The average Bonchev–Trinajstić information content (AvgIpc) is 2.95. The lowest BCUT2D eigenvalue weighted by atomic mass is 9.85. The molecular weight excluding hydrogens is 312 g/mol. The van der Waals surface area contributed by atoms with Gasteiger partial charge in [0.25, 0.3) is 0 Å². The minimum atomic E-state index is -0.00389. The number of carbonyl (C=O) groups excluding carboxylic acids is 2. The van der Waals surface area contributed by atoms with E-state index in [4.69, 9.17) is 0 Å². The Hall–Kier alpha value is -1.84. The van der Waals surface area contributed by atoms with Gasteiger partial charge in [0.2, 0.25) is 11.8 Å². The van der Waals surface area contributed by atoms with Gasteiger partial charge >= 0.3 is 0 Å². The number of nitrogens with one attached hydrogen (secondary N) is 1. The van der Waals surface area contributed by atoms with Gasteiger partial charge in [-0.25, -0.2) is 0 Å². The molecule has 138 valence electrons. The zero-order chi connectivity index (χ0) is 18.6. The molecule has 0 aromatic heterocycles. The Balaban J connectivity index is 1.98. The summed E-state index contributed by atoms with van der Waals surface area (Å²) in [7, 11) is 0. The summed E-state index contributed by atoms with van der Waals surface area (Å²) in [5, 5.41) is 3.15. The van der Waals surface area contributed by atoms with Crippen LogP contribution in [0.2, 0.25) is 0 Å². The van der Waals surface area contributed by atoms with Crippen molar-refractivity contribution in [3.63, 3.8) is 0 Å². The van der Waals surface area contributed by atoms with Crippen molar-refractivity contribution in [1.29, 1.82) is 0 Å². The van der Waals surface area contributed by atoms with E-state index in [1.54, 1.807) is 4.90 Å². The third kappa shape index (κ3) is 5.32. The highest BCUT2D eigenvalue weighted by Crippen LogP contribution is 2.26. The monoisotopic (exact) mass is 344 g/mol. The molecule has 2 amide bonds. The third-order valence-electron chi connectivity index (χ3n) is 4.90. The first-order chi connectivity index (χ1) is 11.7. The van der Waals surface area contributed by atoms with Gasteiger partial charge in [-0.05, 0) is 28.9 Å². The van der Waals surface area contributed by atoms with Crippen LogP contribution >= 0.6 is 0 Å². The first kappa shape index (κ1) is 19.5. The van der Waals surface area contributed by atoms with Gasteiger partial charge in [-0.2, -0.15) is 0 Å². The predicted octanol–water partition coefficient (Wildman–Crippen LogP) is 3.81. The predicted molar refractivity (Wildman–Crippen MR) is 101 cm³/mol. The third-order valence-corrected chi connectivity index (χ3v) is 4.90. The summed E-state index contributed by atoms with van der Waals surface area (Å²) < 4.78 is 0. The molecule has 0 aliphatic carbocycles. The van der Waals surface area contributed by atoms with Gasteiger partial charge in [-0.1, -0.05) is 58.9 Å². The summed E-state index contributed by atoms with van der Waals surface area (Å²) in [5.74, 6) is 0.488. The van der Waals surface area contributed by atoms with E-state index in [0.717, 1.165) is 18.5 Å². The van der Waals surface area contributed by atoms with Crippen LogP contribution in [0.1, 0.15) is 71.0 Å². The van der Waals surface area contributed by atoms with Gasteiger partial charge in [0.15, 0.2) is 0 Å². The minimum absolute atomic E-state index is 0.00389. The van der Waals surface area contributed by atoms with E-state index >= 15 is 0 Å². The Labute approximate surface area is 152 Å². The van der Waals surface area contributed by atoms with E-state index < -0.39 is 0 Å². The fourth-order valence-electron chi connectivity index (χ4n) is 3.25. The van der Waals surface area contributed by atoms with Crippen molar-refractivity contribution in [1.82, 2.24) is 10.2 Å². The van der Waals surface area contributed by atoms with E-state index in [-0.39, 0.29) is 23.3 Å². The first-order valence-corrected chi connectivity index (χ1v) is 9.36. The fourth-order valence-corrected chi connectivity index (χ4v) is 3.25. The van der Waals surface area contributed by atoms with Crippen molar-refractivity contribution < 1.29 is 9.59 Å². The molecule has 0 bridgehead atoms. The molecule has 2 rings (SSSR count). The Bertz CT molecular complexity index is 599. The number of nitrogens with zero attached hydrogens (tertiary/aromatic N) is 1. The van der Waals surface area contributed by atoms with Crippen LogP contribution in [0.4, 0.5) is 0 Å². The number of rotatable bonds is 6. The van der Waals surface area contributed by atoms with Crippen LogP contribution in [-0.4, -0.2) is 29.8 Å². The summed E-state index contributed by atoms with van der Waals surface area (Å²) in [4.78, 5) is 25.8. The number of likely N-dealkylation sites (tertiary alicyclic amines) is 1. The highest BCUT2D eigenvalue weighted by Gasteiger charge is 2.23. The highest BCUT2D eigenvalue weighted by molar-refractivity contribution is 5.80. The second kappa shape index (κ2) is 8.03. The molecule has 4 nitrogen and oxygen atoms in total. The molecule has 1 heterocycles. The normalized spacial score (nSPS) is 16.4. The van der Waals surface area contributed by atoms with Crippen molar-refractivity contribution in [2.45, 2.75) is 65.3 Å². The Morgan fingerprint density at radius 1 is 1.20 bits per heavy atom. The lowest BCUT2D eigenvalue weighted by molar-refractivity contribution is -0.128. The van der Waals surface area contributed by atoms with Gasteiger partial charge in [-0.15, -0.1) is 0 Å². The van der Waals surface area contributed by atoms with E-state index in [1.807, 2.05) is 0 Å². The molecule has 0 radical (unpaired) electrons. The maximum absolute atomic E-state index is 12.4. The average molecular weight is 344 g/mol. The molecule has 1 aromatic carbocycles. The largest absolute Gasteiger partial charge is 0.349 e. The van der Waals surface area contributed by atoms with E-state index in [2.05, 4.69) is 64.2 Å². The first-order valence-electron chi connectivity index (χ1n) is 9.36. The molecule has 1 aliphatic heterocycles. The molecule has 1 saturated heterocycles. The van der Waals surface area contributed by atoms with Crippen LogP contribution in [0, 0.1) is 5.92 Å². The van der Waals surface area contributed by atoms with Gasteiger partial charge in [0.05, 0.1) is 6.04 Å². The molecule has 1 fully saturated rings. The van der Waals surface area contributed by atoms with Gasteiger partial charge in [0, 0.05) is 25.9 Å². The maximum Gasteiger partial charge on any atom is 0.222 e. The van der Waals surface area contributed by atoms with Gasteiger partial charge < -0.3 is 10.2 Å². The SMILES string of the molecule is CC(C)C(NC(=O)CCN1CCCC1=O)c1ccc(C(C)(C)C)cc1. The van der Waals surface area contributed by atoms with Crippen LogP contribution in [0.3, 0.4) is 0 Å². The highest BCUT2D eigenvalue weighted by atomic mass is 16.2. The molecule has 0 saturated carbocycles. The van der Waals surface area contributed by atoms with Crippen LogP contribution in [0.5, 0.6) is 0 Å². The number of benzene rings is 1. The molecule has 1 unspecified atom stereocenters. The quantitative estimate of drug-likeness (QED) is 0.853. The summed E-state index contributed by atoms with van der Waals surface area (Å²) in [5.41, 5.74) is 2.54. The molecule has 25 heavy (non-hydrogen) atoms. The molecule has 1 atom stereocenters. The Morgan fingerprint density at radius 2 is 1.84 bits per heavy atom. The van der Waals surface area contributed by atoms with Gasteiger partial charge in [-0.3, -0.25) is 9.59 Å². The second-order valence-corrected chi connectivity index (χ2v) is 8.40. The van der Waals surface area contributed by atoms with Crippen molar-refractivity contribution >= 4 is 11.8 Å². The summed E-state index contributed by atoms with van der Waals surface area (Å²) in [6, 6.07) is 8.54. The van der Waals surface area contributed by atoms with E-state index in [0.29, 0.717) is 25.3 Å². The molecular formula is C21H32N2O2. The number of amides is 2. The van der Waals surface area contributed by atoms with Crippen molar-refractivity contribution in [3.05, 3.63) is 35.4 Å². The maximum atomic E-state index is 12.4. The summed E-state index contributed by atoms with van der Waals surface area (Å²) >= 11 is 0. The van der Waals surface area contributed by atoms with E-state index in [9.17, 15) is 9.59 Å². The number of carbonyl (C=O) groups is 2. The topological polar surface area (TPSA) is 49.4 Å². The molecule has 1 N–H and O–H groups in total. The van der Waals surface area contributed by atoms with Crippen LogP contribution < -0.4 is 5.32 Å². The standard InChI is InChI=1S/C21H32N2O2/c1-15(2)20(16-8-10-17(11-9-16)21(3,4)5)22-18(24)12-14-23-13-6-7-19(23)25/h8-11,15,20H,6-7,12-14H2,1-5H3,(H,22,24). The van der Waals surface area contributed by atoms with Crippen molar-refractivity contribution in [3.8, 4) is 0 Å².